The highest BCUT2D eigenvalue weighted by molar-refractivity contribution is 7.96. The predicted octanol–water partition coefficient (Wildman–Crippen LogP) is 7.22. The van der Waals surface area contributed by atoms with E-state index in [9.17, 15) is 0 Å². The van der Waals surface area contributed by atoms with Crippen LogP contribution in [0.5, 0.6) is 11.5 Å². The number of thiol groups is 2. The third kappa shape index (κ3) is 7.14. The van der Waals surface area contributed by atoms with Crippen molar-refractivity contribution in [2.45, 2.75) is 40.5 Å². The van der Waals surface area contributed by atoms with Crippen molar-refractivity contribution in [1.29, 1.82) is 0 Å². The lowest BCUT2D eigenvalue weighted by atomic mass is 10.1. The molecule has 0 bridgehead atoms. The Morgan fingerprint density at radius 2 is 1.39 bits per heavy atom. The van der Waals surface area contributed by atoms with Gasteiger partial charge in [-0.15, -0.1) is 25.3 Å². The molecule has 0 aliphatic rings. The Balaban J connectivity index is 2.32. The van der Waals surface area contributed by atoms with Gasteiger partial charge in [0.1, 0.15) is 11.5 Å². The maximum Gasteiger partial charge on any atom is 0.127 e. The van der Waals surface area contributed by atoms with Crippen molar-refractivity contribution < 1.29 is 9.47 Å². The topological polar surface area (TPSA) is 18.5 Å². The maximum atomic E-state index is 6.08. The second-order valence-electron chi connectivity index (χ2n) is 7.78. The zero-order chi connectivity index (χ0) is 20.5. The van der Waals surface area contributed by atoms with Crippen molar-refractivity contribution in [3.05, 3.63) is 59.7 Å². The molecule has 152 valence electrons. The van der Waals surface area contributed by atoms with Crippen molar-refractivity contribution >= 4 is 35.1 Å². The van der Waals surface area contributed by atoms with Crippen LogP contribution >= 0.6 is 25.3 Å². The highest BCUT2D eigenvalue weighted by Gasteiger charge is 2.13. The van der Waals surface area contributed by atoms with Gasteiger partial charge in [0.15, 0.2) is 0 Å². The third-order valence-electron chi connectivity index (χ3n) is 4.39. The summed E-state index contributed by atoms with van der Waals surface area (Å²) in [6.45, 7) is 10.2. The van der Waals surface area contributed by atoms with Crippen molar-refractivity contribution in [1.82, 2.24) is 0 Å². The van der Waals surface area contributed by atoms with E-state index in [4.69, 9.17) is 34.7 Å². The summed E-state index contributed by atoms with van der Waals surface area (Å²) < 4.78 is 12.0. The molecule has 0 atom stereocenters. The Kier molecular flexibility index (Phi) is 9.33. The lowest BCUT2D eigenvalue weighted by Crippen LogP contribution is -2.04. The Bertz CT molecular complexity index is 767. The summed E-state index contributed by atoms with van der Waals surface area (Å²) in [7, 11) is 0. The van der Waals surface area contributed by atoms with Gasteiger partial charge in [-0.2, -0.15) is 0 Å². The summed E-state index contributed by atoms with van der Waals surface area (Å²) in [5, 5.41) is 0. The Hall–Kier alpha value is -1.52. The van der Waals surface area contributed by atoms with Gasteiger partial charge in [-0.1, -0.05) is 58.0 Å². The molecule has 28 heavy (non-hydrogen) atoms. The van der Waals surface area contributed by atoms with E-state index in [0.717, 1.165) is 45.3 Å². The van der Waals surface area contributed by atoms with Gasteiger partial charge < -0.3 is 9.47 Å². The summed E-state index contributed by atoms with van der Waals surface area (Å²) in [5.74, 6) is 2.84. The number of hydrogen-bond acceptors (Lipinski definition) is 4. The van der Waals surface area contributed by atoms with Crippen molar-refractivity contribution in [3.63, 3.8) is 0 Å². The molecule has 2 aromatic carbocycles. The van der Waals surface area contributed by atoms with Gasteiger partial charge in [-0.05, 0) is 48.4 Å². The van der Waals surface area contributed by atoms with E-state index >= 15 is 0 Å². The molecule has 0 aliphatic carbocycles. The molecule has 2 aromatic rings. The normalized spacial score (nSPS) is 12.3. The molecule has 0 unspecified atom stereocenters. The van der Waals surface area contributed by atoms with E-state index < -0.39 is 0 Å². The first kappa shape index (κ1) is 22.8. The molecular weight excluding hydrogens is 384 g/mol. The number of rotatable bonds is 10. The molecule has 0 heterocycles. The fraction of sp³-hybridized carbons (Fsp3) is 0.417. The summed E-state index contributed by atoms with van der Waals surface area (Å²) in [5.41, 5.74) is 1.93. The van der Waals surface area contributed by atoms with Gasteiger partial charge in [0.2, 0.25) is 0 Å². The van der Waals surface area contributed by atoms with Crippen LogP contribution in [0.15, 0.2) is 48.5 Å². The molecule has 2 nitrogen and oxygen atoms in total. The SMILES string of the molecule is CC(C)CCOc1ccc(OCCC(C)C)c(/C(S)=C(/S)c2ccccc2)c1. The molecule has 0 saturated carbocycles. The number of ether oxygens (including phenoxy) is 2. The molecule has 4 heteroatoms. The van der Waals surface area contributed by atoms with Crippen LogP contribution in [0.4, 0.5) is 0 Å². The Morgan fingerprint density at radius 1 is 0.786 bits per heavy atom. The molecule has 2 rings (SSSR count). The van der Waals surface area contributed by atoms with Crippen LogP contribution in [0.25, 0.3) is 9.81 Å². The molecule has 0 fully saturated rings. The standard InChI is InChI=1S/C24H32O2S2/c1-17(2)12-14-25-20-10-11-22(26-15-13-18(3)4)21(16-20)24(28)23(27)19-8-6-5-7-9-19/h5-11,16-18,27-28H,12-15H2,1-4H3/b24-23-. The fourth-order valence-electron chi connectivity index (χ4n) is 2.59. The lowest BCUT2D eigenvalue weighted by Gasteiger charge is -2.16. The van der Waals surface area contributed by atoms with Crippen LogP contribution in [0.1, 0.15) is 51.7 Å². The summed E-state index contributed by atoms with van der Waals surface area (Å²) >= 11 is 9.53. The maximum absolute atomic E-state index is 6.08. The van der Waals surface area contributed by atoms with Gasteiger partial charge in [-0.3, -0.25) is 0 Å². The molecule has 0 aliphatic heterocycles. The van der Waals surface area contributed by atoms with Crippen LogP contribution in [0.3, 0.4) is 0 Å². The highest BCUT2D eigenvalue weighted by Crippen LogP contribution is 2.38. The van der Waals surface area contributed by atoms with Crippen molar-refractivity contribution in [3.8, 4) is 11.5 Å². The molecule has 0 N–H and O–H groups in total. The van der Waals surface area contributed by atoms with E-state index in [0.29, 0.717) is 25.0 Å². The van der Waals surface area contributed by atoms with Gasteiger partial charge in [0.05, 0.1) is 13.2 Å². The first-order chi connectivity index (χ1) is 13.4. The zero-order valence-electron chi connectivity index (χ0n) is 17.3. The van der Waals surface area contributed by atoms with Crippen LogP contribution in [0.2, 0.25) is 0 Å². The predicted molar refractivity (Wildman–Crippen MR) is 128 cm³/mol. The smallest absolute Gasteiger partial charge is 0.127 e. The minimum absolute atomic E-state index is 0.595. The lowest BCUT2D eigenvalue weighted by molar-refractivity contribution is 0.281. The van der Waals surface area contributed by atoms with E-state index in [1.807, 2.05) is 48.5 Å². The zero-order valence-corrected chi connectivity index (χ0v) is 19.1. The largest absolute Gasteiger partial charge is 0.494 e. The molecule has 0 aromatic heterocycles. The van der Waals surface area contributed by atoms with E-state index in [-0.39, 0.29) is 0 Å². The summed E-state index contributed by atoms with van der Waals surface area (Å²) in [4.78, 5) is 1.60. The van der Waals surface area contributed by atoms with Gasteiger partial charge in [0.25, 0.3) is 0 Å². The average molecular weight is 417 g/mol. The van der Waals surface area contributed by atoms with Crippen molar-refractivity contribution in [2.75, 3.05) is 13.2 Å². The quantitative estimate of drug-likeness (QED) is 0.314. The minimum Gasteiger partial charge on any atom is -0.494 e. The number of benzene rings is 2. The van der Waals surface area contributed by atoms with E-state index in [1.54, 1.807) is 0 Å². The van der Waals surface area contributed by atoms with E-state index in [2.05, 4.69) is 27.7 Å². The average Bonchev–Trinajstić information content (AvgIpc) is 2.68. The second kappa shape index (κ2) is 11.5. The summed E-state index contributed by atoms with van der Waals surface area (Å²) in [6.07, 6.45) is 2.03. The second-order valence-corrected chi connectivity index (χ2v) is 8.68. The molecular formula is C24H32O2S2. The van der Waals surface area contributed by atoms with Gasteiger partial charge >= 0.3 is 0 Å². The molecule has 0 saturated heterocycles. The monoisotopic (exact) mass is 416 g/mol. The van der Waals surface area contributed by atoms with Crippen LogP contribution in [0, 0.1) is 11.8 Å². The van der Waals surface area contributed by atoms with Crippen LogP contribution < -0.4 is 9.47 Å². The highest BCUT2D eigenvalue weighted by atomic mass is 32.1. The summed E-state index contributed by atoms with van der Waals surface area (Å²) in [6, 6.07) is 16.0. The first-order valence-corrected chi connectivity index (χ1v) is 10.9. The van der Waals surface area contributed by atoms with Gasteiger partial charge in [-0.25, -0.2) is 0 Å². The van der Waals surface area contributed by atoms with E-state index in [1.165, 1.54) is 0 Å². The Morgan fingerprint density at radius 3 is 2.00 bits per heavy atom. The van der Waals surface area contributed by atoms with Gasteiger partial charge in [0, 0.05) is 15.4 Å². The van der Waals surface area contributed by atoms with Crippen LogP contribution in [-0.2, 0) is 0 Å². The molecule has 0 spiro atoms. The first-order valence-electron chi connectivity index (χ1n) is 9.96. The third-order valence-corrected chi connectivity index (χ3v) is 5.52. The van der Waals surface area contributed by atoms with Crippen molar-refractivity contribution in [2.24, 2.45) is 11.8 Å². The minimum atomic E-state index is 0.595. The molecule has 0 radical (unpaired) electrons. The van der Waals surface area contributed by atoms with Crippen LogP contribution in [-0.4, -0.2) is 13.2 Å². The Labute approximate surface area is 181 Å². The number of hydrogen-bond donors (Lipinski definition) is 2. The molecule has 0 amide bonds. The fourth-order valence-corrected chi connectivity index (χ4v) is 3.16.